The predicted molar refractivity (Wildman–Crippen MR) is 68.1 cm³/mol. The predicted octanol–water partition coefficient (Wildman–Crippen LogP) is 1.25. The summed E-state index contributed by atoms with van der Waals surface area (Å²) in [6, 6.07) is 4.09. The number of nitrogens with zero attached hydrogens (tertiary/aromatic N) is 1. The van der Waals surface area contributed by atoms with Crippen molar-refractivity contribution in [1.82, 2.24) is 4.90 Å². The second-order valence-electron chi connectivity index (χ2n) is 4.21. The maximum Gasteiger partial charge on any atom is 0.176 e. The van der Waals surface area contributed by atoms with Crippen molar-refractivity contribution in [3.8, 4) is 11.5 Å². The van der Waals surface area contributed by atoms with E-state index in [4.69, 9.17) is 9.84 Å². The Morgan fingerprint density at radius 1 is 1.33 bits per heavy atom. The number of likely N-dealkylation sites (N-methyl/N-ethyl adjacent to an activating group) is 1. The molecule has 0 saturated carbocycles. The van der Waals surface area contributed by atoms with Gasteiger partial charge in [-0.3, -0.25) is 9.69 Å². The number of carbonyl (C=O) groups excluding carboxylic acids is 1. The van der Waals surface area contributed by atoms with Gasteiger partial charge in [0.05, 0.1) is 6.54 Å². The van der Waals surface area contributed by atoms with Crippen molar-refractivity contribution >= 4 is 5.78 Å². The number of methoxy groups -OCH3 is 1. The van der Waals surface area contributed by atoms with Crippen LogP contribution in [0.1, 0.15) is 16.8 Å². The standard InChI is InChI=1S/C13H19NO4/c1-14(6-3-7-18-2)9-13(17)10-4-5-11(15)12(16)8-10/h4-5,8,15-16H,3,6-7,9H2,1-2H3. The van der Waals surface area contributed by atoms with Gasteiger partial charge in [-0.15, -0.1) is 0 Å². The quantitative estimate of drug-likeness (QED) is 0.435. The van der Waals surface area contributed by atoms with Crippen molar-refractivity contribution < 1.29 is 19.7 Å². The van der Waals surface area contributed by atoms with Crippen LogP contribution in [-0.4, -0.2) is 54.8 Å². The van der Waals surface area contributed by atoms with E-state index >= 15 is 0 Å². The summed E-state index contributed by atoms with van der Waals surface area (Å²) in [4.78, 5) is 13.8. The van der Waals surface area contributed by atoms with E-state index < -0.39 is 0 Å². The van der Waals surface area contributed by atoms with Crippen molar-refractivity contribution in [3.63, 3.8) is 0 Å². The van der Waals surface area contributed by atoms with E-state index in [0.717, 1.165) is 13.0 Å². The normalized spacial score (nSPS) is 10.8. The van der Waals surface area contributed by atoms with Gasteiger partial charge in [0.25, 0.3) is 0 Å². The zero-order valence-corrected chi connectivity index (χ0v) is 10.7. The molecule has 1 aromatic carbocycles. The zero-order chi connectivity index (χ0) is 13.5. The molecule has 0 aliphatic rings. The highest BCUT2D eigenvalue weighted by atomic mass is 16.5. The zero-order valence-electron chi connectivity index (χ0n) is 10.7. The highest BCUT2D eigenvalue weighted by molar-refractivity contribution is 5.98. The molecule has 0 bridgehead atoms. The minimum atomic E-state index is -0.275. The van der Waals surface area contributed by atoms with Crippen LogP contribution in [0.5, 0.6) is 11.5 Å². The number of ketones is 1. The Kier molecular flexibility index (Phi) is 5.61. The second kappa shape index (κ2) is 6.98. The molecule has 0 aromatic heterocycles. The Balaban J connectivity index is 2.51. The van der Waals surface area contributed by atoms with E-state index in [1.54, 1.807) is 7.11 Å². The molecule has 0 aliphatic heterocycles. The average molecular weight is 253 g/mol. The molecule has 2 N–H and O–H groups in total. The number of rotatable bonds is 7. The molecule has 0 aliphatic carbocycles. The molecule has 0 spiro atoms. The summed E-state index contributed by atoms with van der Waals surface area (Å²) in [5.74, 6) is -0.590. The lowest BCUT2D eigenvalue weighted by atomic mass is 10.1. The van der Waals surface area contributed by atoms with Gasteiger partial charge in [0, 0.05) is 25.8 Å². The van der Waals surface area contributed by atoms with Crippen LogP contribution >= 0.6 is 0 Å². The molecule has 0 unspecified atom stereocenters. The van der Waals surface area contributed by atoms with Crippen LogP contribution in [-0.2, 0) is 4.74 Å². The Labute approximate surface area is 107 Å². The second-order valence-corrected chi connectivity index (χ2v) is 4.21. The van der Waals surface area contributed by atoms with Crippen molar-refractivity contribution in [2.75, 3.05) is 33.9 Å². The van der Waals surface area contributed by atoms with Gasteiger partial charge in [0.2, 0.25) is 0 Å². The number of hydrogen-bond acceptors (Lipinski definition) is 5. The van der Waals surface area contributed by atoms with E-state index in [2.05, 4.69) is 0 Å². The topological polar surface area (TPSA) is 70.0 Å². The third-order valence-corrected chi connectivity index (χ3v) is 2.60. The molecule has 0 fully saturated rings. The number of carbonyl (C=O) groups is 1. The first-order valence-electron chi connectivity index (χ1n) is 5.77. The molecule has 1 rings (SSSR count). The highest BCUT2D eigenvalue weighted by Gasteiger charge is 2.11. The van der Waals surface area contributed by atoms with Crippen molar-refractivity contribution in [3.05, 3.63) is 23.8 Å². The fraction of sp³-hybridized carbons (Fsp3) is 0.462. The van der Waals surface area contributed by atoms with Gasteiger partial charge in [-0.1, -0.05) is 0 Å². The van der Waals surface area contributed by atoms with Gasteiger partial charge in [-0.05, 0) is 31.7 Å². The van der Waals surface area contributed by atoms with Crippen LogP contribution in [0.2, 0.25) is 0 Å². The third kappa shape index (κ3) is 4.35. The van der Waals surface area contributed by atoms with Gasteiger partial charge < -0.3 is 14.9 Å². The first-order valence-corrected chi connectivity index (χ1v) is 5.77. The van der Waals surface area contributed by atoms with Crippen LogP contribution in [0.25, 0.3) is 0 Å². The number of phenols is 2. The Hall–Kier alpha value is -1.59. The maximum atomic E-state index is 11.9. The van der Waals surface area contributed by atoms with Crippen LogP contribution in [0.3, 0.4) is 0 Å². The summed E-state index contributed by atoms with van der Waals surface area (Å²) in [5, 5.41) is 18.5. The summed E-state index contributed by atoms with van der Waals surface area (Å²) >= 11 is 0. The van der Waals surface area contributed by atoms with E-state index in [1.807, 2.05) is 11.9 Å². The minimum absolute atomic E-state index is 0.0924. The third-order valence-electron chi connectivity index (χ3n) is 2.60. The van der Waals surface area contributed by atoms with Crippen LogP contribution in [0.4, 0.5) is 0 Å². The van der Waals surface area contributed by atoms with Crippen LogP contribution in [0.15, 0.2) is 18.2 Å². The molecule has 0 heterocycles. The maximum absolute atomic E-state index is 11.9. The van der Waals surface area contributed by atoms with Gasteiger partial charge in [0.15, 0.2) is 17.3 Å². The fourth-order valence-corrected chi connectivity index (χ4v) is 1.59. The van der Waals surface area contributed by atoms with E-state index in [9.17, 15) is 9.90 Å². The lowest BCUT2D eigenvalue weighted by molar-refractivity contribution is 0.0938. The first-order chi connectivity index (χ1) is 8.54. The fourth-order valence-electron chi connectivity index (χ4n) is 1.59. The summed E-state index contributed by atoms with van der Waals surface area (Å²) in [7, 11) is 3.50. The number of aromatic hydroxyl groups is 2. The molecule has 18 heavy (non-hydrogen) atoms. The number of benzene rings is 1. The molecule has 0 saturated heterocycles. The molecule has 5 heteroatoms. The molecule has 0 amide bonds. The van der Waals surface area contributed by atoms with Gasteiger partial charge >= 0.3 is 0 Å². The van der Waals surface area contributed by atoms with E-state index in [0.29, 0.717) is 12.2 Å². The molecular weight excluding hydrogens is 234 g/mol. The van der Waals surface area contributed by atoms with Gasteiger partial charge in [-0.2, -0.15) is 0 Å². The Bertz CT molecular complexity index is 406. The number of hydrogen-bond donors (Lipinski definition) is 2. The molecule has 100 valence electrons. The minimum Gasteiger partial charge on any atom is -0.504 e. The summed E-state index contributed by atoms with van der Waals surface area (Å²) in [5.41, 5.74) is 0.392. The van der Waals surface area contributed by atoms with Crippen molar-refractivity contribution in [2.45, 2.75) is 6.42 Å². The SMILES string of the molecule is COCCCN(C)CC(=O)c1ccc(O)c(O)c1. The first kappa shape index (κ1) is 14.5. The van der Waals surface area contributed by atoms with Crippen molar-refractivity contribution in [1.29, 1.82) is 0 Å². The van der Waals surface area contributed by atoms with E-state index in [1.165, 1.54) is 18.2 Å². The number of ether oxygens (including phenoxy) is 1. The smallest absolute Gasteiger partial charge is 0.176 e. The number of Topliss-reactive ketones (excluding diaryl/α,β-unsaturated/α-hetero) is 1. The van der Waals surface area contributed by atoms with Crippen LogP contribution < -0.4 is 0 Å². The average Bonchev–Trinajstić information content (AvgIpc) is 2.33. The Morgan fingerprint density at radius 2 is 2.06 bits per heavy atom. The van der Waals surface area contributed by atoms with Crippen molar-refractivity contribution in [2.24, 2.45) is 0 Å². The lowest BCUT2D eigenvalue weighted by Gasteiger charge is -2.15. The molecule has 0 radical (unpaired) electrons. The molecule has 0 atom stereocenters. The van der Waals surface area contributed by atoms with Gasteiger partial charge in [-0.25, -0.2) is 0 Å². The van der Waals surface area contributed by atoms with E-state index in [-0.39, 0.29) is 23.8 Å². The largest absolute Gasteiger partial charge is 0.504 e. The Morgan fingerprint density at radius 3 is 2.67 bits per heavy atom. The lowest BCUT2D eigenvalue weighted by Crippen LogP contribution is -2.27. The summed E-state index contributed by atoms with van der Waals surface area (Å²) in [6.45, 7) is 1.70. The summed E-state index contributed by atoms with van der Waals surface area (Å²) in [6.07, 6.45) is 0.862. The molecular formula is C13H19NO4. The van der Waals surface area contributed by atoms with Crippen LogP contribution in [0, 0.1) is 0 Å². The number of phenolic OH excluding ortho intramolecular Hbond substituents is 2. The summed E-state index contributed by atoms with van der Waals surface area (Å²) < 4.78 is 4.94. The van der Waals surface area contributed by atoms with Gasteiger partial charge in [0.1, 0.15) is 0 Å². The monoisotopic (exact) mass is 253 g/mol. The molecule has 5 nitrogen and oxygen atoms in total. The molecule has 1 aromatic rings. The highest BCUT2D eigenvalue weighted by Crippen LogP contribution is 2.25.